The Bertz CT molecular complexity index is 1770. The van der Waals surface area contributed by atoms with Crippen molar-refractivity contribution >= 4 is 68.6 Å². The summed E-state index contributed by atoms with van der Waals surface area (Å²) in [6.45, 7) is 1.47. The number of amides is 2. The second kappa shape index (κ2) is 13.8. The van der Waals surface area contributed by atoms with Crippen molar-refractivity contribution in [3.63, 3.8) is 0 Å². The van der Waals surface area contributed by atoms with Crippen LogP contribution in [0, 0.1) is 0 Å². The molecular formula is C24H22N6Na2O9S2. The summed E-state index contributed by atoms with van der Waals surface area (Å²) in [5, 5.41) is 36.5. The minimum Gasteiger partial charge on any atom is -1.00 e. The van der Waals surface area contributed by atoms with E-state index in [1.807, 2.05) is 0 Å². The van der Waals surface area contributed by atoms with E-state index in [0.29, 0.717) is 0 Å². The zero-order valence-electron chi connectivity index (χ0n) is 24.9. The van der Waals surface area contributed by atoms with E-state index in [1.165, 1.54) is 30.5 Å². The number of carboxylic acid groups (broad SMARTS) is 2. The van der Waals surface area contributed by atoms with Crippen LogP contribution in [0.2, 0.25) is 0 Å². The summed E-state index contributed by atoms with van der Waals surface area (Å²) in [6, 6.07) is 4.90. The third-order valence-electron chi connectivity index (χ3n) is 6.31. The molecule has 4 heterocycles. The molecule has 43 heavy (non-hydrogen) atoms. The Morgan fingerprint density at radius 1 is 1.23 bits per heavy atom. The molecule has 0 spiro atoms. The summed E-state index contributed by atoms with van der Waals surface area (Å²) >= 11 is 2.15. The van der Waals surface area contributed by atoms with Crippen LogP contribution in [0.15, 0.2) is 50.9 Å². The maximum atomic E-state index is 13.4. The Morgan fingerprint density at radius 2 is 1.95 bits per heavy atom. The molecule has 7 N–H and O–H groups in total. The number of carbonyl (C=O) groups is 4. The number of phenols is 1. The van der Waals surface area contributed by atoms with Crippen molar-refractivity contribution in [2.75, 3.05) is 5.73 Å². The summed E-state index contributed by atoms with van der Waals surface area (Å²) in [4.78, 5) is 74.3. The number of carboxylic acids is 2. The fourth-order valence-corrected chi connectivity index (χ4v) is 6.30. The van der Waals surface area contributed by atoms with Gasteiger partial charge in [0, 0.05) is 22.4 Å². The number of thioether (sulfide) groups is 1. The van der Waals surface area contributed by atoms with Gasteiger partial charge in [-0.25, -0.2) is 14.6 Å². The average molecular weight is 649 g/mol. The van der Waals surface area contributed by atoms with Crippen LogP contribution in [0.5, 0.6) is 5.75 Å². The van der Waals surface area contributed by atoms with Gasteiger partial charge < -0.3 is 39.0 Å². The molecule has 216 valence electrons. The van der Waals surface area contributed by atoms with Crippen LogP contribution in [0.25, 0.3) is 10.9 Å². The second-order valence-electron chi connectivity index (χ2n) is 8.87. The molecule has 0 aliphatic carbocycles. The van der Waals surface area contributed by atoms with Gasteiger partial charge in [-0.3, -0.25) is 19.3 Å². The predicted octanol–water partition coefficient (Wildman–Crippen LogP) is -4.84. The van der Waals surface area contributed by atoms with Crippen LogP contribution in [0.4, 0.5) is 5.13 Å². The van der Waals surface area contributed by atoms with Crippen molar-refractivity contribution in [3.05, 3.63) is 62.5 Å². The number of benzene rings is 1. The zero-order valence-corrected chi connectivity index (χ0v) is 28.5. The number of oxime groups is 1. The first-order chi connectivity index (χ1) is 19.5. The number of aromatic hydroxyl groups is 1. The Labute approximate surface area is 297 Å². The fraction of sp³-hybridized carbons (Fsp3) is 0.208. The number of hydrogen-bond acceptors (Lipinski definition) is 12. The molecule has 19 heteroatoms. The first-order valence-electron chi connectivity index (χ1n) is 11.7. The van der Waals surface area contributed by atoms with Gasteiger partial charge in [0.15, 0.2) is 10.8 Å². The van der Waals surface area contributed by atoms with Crippen molar-refractivity contribution in [1.82, 2.24) is 20.2 Å². The Balaban J connectivity index is 0.00000253. The second-order valence-corrected chi connectivity index (χ2v) is 11.0. The summed E-state index contributed by atoms with van der Waals surface area (Å²) in [7, 11) is 0. The number of nitrogens with zero attached hydrogens (tertiary/aromatic N) is 3. The standard InChI is InChI=1S/C24H20N6O9S2.2Na.2H/c1-8-18(22(35)36)30-14(33)6-15(30)41-21(8)28-20(34)17(11-7-40-24(25)26-11)29-39-19(23(37)38)10-2-4-12(31)16-9(10)3-5-13(32)27-16;;;;/h2-5,7,15,19,21,31H,6H2,1H3,(H2,25,26)(H,27,32)(H,28,34)(H,35,36)(H,37,38);;;;/q;2*+1;2*-1/b29-17-;;;;. The van der Waals surface area contributed by atoms with E-state index in [2.05, 4.69) is 20.4 Å². The maximum Gasteiger partial charge on any atom is 1.00 e. The molecule has 1 aromatic carbocycles. The summed E-state index contributed by atoms with van der Waals surface area (Å²) < 4.78 is 0. The topological polar surface area (TPSA) is 238 Å². The number of pyridine rings is 1. The van der Waals surface area contributed by atoms with Gasteiger partial charge in [-0.05, 0) is 24.6 Å². The molecule has 15 nitrogen and oxygen atoms in total. The number of β-lactam (4-membered cyclic amide) rings is 1. The van der Waals surface area contributed by atoms with Crippen molar-refractivity contribution in [2.24, 2.45) is 5.16 Å². The van der Waals surface area contributed by atoms with E-state index in [1.54, 1.807) is 0 Å². The number of nitrogen functional groups attached to an aromatic ring is 1. The van der Waals surface area contributed by atoms with E-state index < -0.39 is 46.0 Å². The molecule has 3 aromatic rings. The van der Waals surface area contributed by atoms with Crippen LogP contribution < -0.4 is 75.7 Å². The van der Waals surface area contributed by atoms with E-state index >= 15 is 0 Å². The normalized spacial score (nSPS) is 18.5. The van der Waals surface area contributed by atoms with Crippen molar-refractivity contribution in [3.8, 4) is 5.75 Å². The molecule has 0 saturated carbocycles. The molecule has 1 saturated heterocycles. The van der Waals surface area contributed by atoms with Crippen LogP contribution >= 0.6 is 23.1 Å². The third-order valence-corrected chi connectivity index (χ3v) is 8.42. The number of H-pyrrole nitrogens is 1. The molecule has 1 fully saturated rings. The van der Waals surface area contributed by atoms with Gasteiger partial charge in [0.05, 0.1) is 17.3 Å². The average Bonchev–Trinajstić information content (AvgIpc) is 3.34. The quantitative estimate of drug-likeness (QED) is 0.0584. The van der Waals surface area contributed by atoms with E-state index in [9.17, 15) is 39.3 Å². The molecule has 3 atom stereocenters. The van der Waals surface area contributed by atoms with Crippen LogP contribution in [0.3, 0.4) is 0 Å². The number of thiazole rings is 1. The molecule has 2 aliphatic rings. The summed E-state index contributed by atoms with van der Waals surface area (Å²) in [6.07, 6.45) is -1.69. The van der Waals surface area contributed by atoms with E-state index in [-0.39, 0.29) is 119 Å². The molecular weight excluding hydrogens is 626 g/mol. The number of fused-ring (bicyclic) bond motifs is 2. The van der Waals surface area contributed by atoms with Crippen LogP contribution in [-0.4, -0.2) is 70.4 Å². The SMILES string of the molecule is CC1=C(C(=O)O)N2C(=O)CC2SC1NC(=O)/C(=N\OC(C(=O)O)c1ccc(O)c2[nH]c(=O)ccc12)c1csc(N)n1.[H-].[H-].[Na+].[Na+]. The van der Waals surface area contributed by atoms with Gasteiger partial charge in [0.1, 0.15) is 22.5 Å². The minimum atomic E-state index is -1.79. The molecule has 2 amide bonds. The van der Waals surface area contributed by atoms with E-state index in [4.69, 9.17) is 10.6 Å². The first-order valence-corrected chi connectivity index (χ1v) is 13.5. The number of hydrogen-bond donors (Lipinski definition) is 6. The Kier molecular flexibility index (Phi) is 11.1. The van der Waals surface area contributed by atoms with Gasteiger partial charge in [-0.2, -0.15) is 0 Å². The van der Waals surface area contributed by atoms with Crippen molar-refractivity contribution < 1.29 is 101 Å². The number of nitrogens with two attached hydrogens (primary N) is 1. The Hall–Kier alpha value is -2.90. The summed E-state index contributed by atoms with van der Waals surface area (Å²) in [5.41, 5.74) is 4.71. The number of aliphatic carboxylic acids is 2. The van der Waals surface area contributed by atoms with Gasteiger partial charge in [-0.1, -0.05) is 11.2 Å². The summed E-state index contributed by atoms with van der Waals surface area (Å²) in [5.74, 6) is -4.33. The van der Waals surface area contributed by atoms with Gasteiger partial charge in [0.25, 0.3) is 5.91 Å². The Morgan fingerprint density at radius 3 is 2.56 bits per heavy atom. The van der Waals surface area contributed by atoms with E-state index in [0.717, 1.165) is 34.1 Å². The number of aromatic nitrogens is 2. The van der Waals surface area contributed by atoms with Gasteiger partial charge in [0.2, 0.25) is 17.6 Å². The van der Waals surface area contributed by atoms with Crippen molar-refractivity contribution in [1.29, 1.82) is 0 Å². The number of nitrogens with one attached hydrogen (secondary N) is 2. The van der Waals surface area contributed by atoms with Crippen LogP contribution in [-0.2, 0) is 24.0 Å². The largest absolute Gasteiger partial charge is 1.00 e. The number of aromatic amines is 1. The molecule has 5 rings (SSSR count). The number of carbonyl (C=O) groups excluding carboxylic acids is 2. The third kappa shape index (κ3) is 6.78. The van der Waals surface area contributed by atoms with Crippen LogP contribution in [0.1, 0.15) is 33.6 Å². The fourth-order valence-electron chi connectivity index (χ4n) is 4.37. The predicted molar refractivity (Wildman–Crippen MR) is 148 cm³/mol. The van der Waals surface area contributed by atoms with Gasteiger partial charge in [-0.15, -0.1) is 23.1 Å². The van der Waals surface area contributed by atoms with Gasteiger partial charge >= 0.3 is 71.1 Å². The number of rotatable bonds is 8. The minimum absolute atomic E-state index is 0. The zero-order chi connectivity index (χ0) is 29.6. The first kappa shape index (κ1) is 34.6. The number of anilines is 1. The molecule has 2 aromatic heterocycles. The van der Waals surface area contributed by atoms with Crippen molar-refractivity contribution in [2.45, 2.75) is 30.2 Å². The molecule has 0 radical (unpaired) electrons. The molecule has 3 unspecified atom stereocenters. The molecule has 2 aliphatic heterocycles. The monoisotopic (exact) mass is 648 g/mol. The smallest absolute Gasteiger partial charge is 1.00 e. The number of phenolic OH excluding ortho intramolecular Hbond substituents is 1. The maximum absolute atomic E-state index is 13.4. The molecule has 0 bridgehead atoms.